The molecular formula is C21H28N2. The molecule has 1 heterocycles. The molecule has 1 aliphatic rings. The fourth-order valence-electron chi connectivity index (χ4n) is 3.55. The van der Waals surface area contributed by atoms with Crippen LogP contribution in [-0.4, -0.2) is 24.5 Å². The summed E-state index contributed by atoms with van der Waals surface area (Å²) in [5.74, 6) is 0.866. The molecular weight excluding hydrogens is 280 g/mol. The van der Waals surface area contributed by atoms with Gasteiger partial charge in [0.15, 0.2) is 0 Å². The van der Waals surface area contributed by atoms with Gasteiger partial charge in [0.2, 0.25) is 0 Å². The van der Waals surface area contributed by atoms with Crippen LogP contribution in [0, 0.1) is 5.92 Å². The Kier molecular flexibility index (Phi) is 5.71. The molecule has 1 N–H and O–H groups in total. The van der Waals surface area contributed by atoms with Gasteiger partial charge in [-0.05, 0) is 62.9 Å². The van der Waals surface area contributed by atoms with E-state index in [1.54, 1.807) is 0 Å². The Labute approximate surface area is 140 Å². The molecule has 2 aromatic carbocycles. The van der Waals surface area contributed by atoms with Gasteiger partial charge in [-0.3, -0.25) is 4.90 Å². The van der Waals surface area contributed by atoms with E-state index in [4.69, 9.17) is 0 Å². The van der Waals surface area contributed by atoms with Crippen molar-refractivity contribution in [2.24, 2.45) is 5.92 Å². The monoisotopic (exact) mass is 308 g/mol. The third kappa shape index (κ3) is 4.59. The van der Waals surface area contributed by atoms with Crippen molar-refractivity contribution in [1.29, 1.82) is 0 Å². The lowest BCUT2D eigenvalue weighted by Gasteiger charge is -2.36. The van der Waals surface area contributed by atoms with Crippen molar-refractivity contribution in [2.75, 3.05) is 25.0 Å². The third-order valence-corrected chi connectivity index (χ3v) is 5.13. The minimum atomic E-state index is 0.541. The number of benzene rings is 2. The molecule has 2 nitrogen and oxygen atoms in total. The van der Waals surface area contributed by atoms with Crippen molar-refractivity contribution < 1.29 is 0 Å². The van der Waals surface area contributed by atoms with Gasteiger partial charge in [0.25, 0.3) is 0 Å². The number of piperidine rings is 1. The minimum absolute atomic E-state index is 0.541. The molecule has 1 saturated heterocycles. The second kappa shape index (κ2) is 8.16. The average Bonchev–Trinajstić information content (AvgIpc) is 2.63. The van der Waals surface area contributed by atoms with Crippen LogP contribution in [0.4, 0.5) is 5.69 Å². The van der Waals surface area contributed by atoms with Gasteiger partial charge in [-0.1, -0.05) is 48.5 Å². The van der Waals surface area contributed by atoms with Gasteiger partial charge in [-0.25, -0.2) is 0 Å². The van der Waals surface area contributed by atoms with Gasteiger partial charge in [-0.2, -0.15) is 0 Å². The van der Waals surface area contributed by atoms with Crippen LogP contribution >= 0.6 is 0 Å². The van der Waals surface area contributed by atoms with Crippen LogP contribution in [-0.2, 0) is 0 Å². The van der Waals surface area contributed by atoms with E-state index in [1.165, 1.54) is 43.6 Å². The van der Waals surface area contributed by atoms with Gasteiger partial charge >= 0.3 is 0 Å². The first-order valence-corrected chi connectivity index (χ1v) is 8.91. The molecule has 0 saturated carbocycles. The first kappa shape index (κ1) is 16.1. The number of para-hydroxylation sites is 1. The van der Waals surface area contributed by atoms with Crippen molar-refractivity contribution in [3.8, 4) is 0 Å². The summed E-state index contributed by atoms with van der Waals surface area (Å²) in [6.45, 7) is 5.88. The van der Waals surface area contributed by atoms with Gasteiger partial charge in [0.1, 0.15) is 0 Å². The fourth-order valence-corrected chi connectivity index (χ4v) is 3.55. The highest BCUT2D eigenvalue weighted by Gasteiger charge is 2.23. The zero-order valence-electron chi connectivity index (χ0n) is 14.1. The predicted octanol–water partition coefficient (Wildman–Crippen LogP) is 4.96. The summed E-state index contributed by atoms with van der Waals surface area (Å²) in [6, 6.07) is 22.0. The van der Waals surface area contributed by atoms with Crippen LogP contribution < -0.4 is 5.32 Å². The number of likely N-dealkylation sites (tertiary alicyclic amines) is 1. The largest absolute Gasteiger partial charge is 0.385 e. The first-order valence-electron chi connectivity index (χ1n) is 8.91. The number of nitrogens with zero attached hydrogens (tertiary/aromatic N) is 1. The predicted molar refractivity (Wildman–Crippen MR) is 98.7 cm³/mol. The van der Waals surface area contributed by atoms with E-state index in [1.807, 2.05) is 0 Å². The van der Waals surface area contributed by atoms with Gasteiger partial charge in [0, 0.05) is 18.3 Å². The Hall–Kier alpha value is -1.80. The molecule has 1 aliphatic heterocycles. The summed E-state index contributed by atoms with van der Waals surface area (Å²) in [5, 5.41) is 3.54. The van der Waals surface area contributed by atoms with Crippen molar-refractivity contribution in [2.45, 2.75) is 32.2 Å². The Balaban J connectivity index is 1.40. The lowest BCUT2D eigenvalue weighted by molar-refractivity contribution is 0.139. The highest BCUT2D eigenvalue weighted by molar-refractivity contribution is 5.42. The summed E-state index contributed by atoms with van der Waals surface area (Å²) in [7, 11) is 0. The third-order valence-electron chi connectivity index (χ3n) is 5.13. The summed E-state index contributed by atoms with van der Waals surface area (Å²) >= 11 is 0. The van der Waals surface area contributed by atoms with Gasteiger partial charge in [-0.15, -0.1) is 0 Å². The van der Waals surface area contributed by atoms with Crippen LogP contribution in [0.3, 0.4) is 0 Å². The van der Waals surface area contributed by atoms with Crippen LogP contribution in [0.25, 0.3) is 0 Å². The number of hydrogen-bond donors (Lipinski definition) is 1. The molecule has 23 heavy (non-hydrogen) atoms. The zero-order chi connectivity index (χ0) is 15.9. The summed E-state index contributed by atoms with van der Waals surface area (Å²) in [4.78, 5) is 2.64. The van der Waals surface area contributed by atoms with E-state index < -0.39 is 0 Å². The quantitative estimate of drug-likeness (QED) is 0.811. The lowest BCUT2D eigenvalue weighted by Crippen LogP contribution is -2.36. The van der Waals surface area contributed by atoms with Crippen molar-refractivity contribution in [1.82, 2.24) is 4.90 Å². The van der Waals surface area contributed by atoms with Crippen LogP contribution in [0.15, 0.2) is 60.7 Å². The van der Waals surface area contributed by atoms with E-state index in [-0.39, 0.29) is 0 Å². The maximum Gasteiger partial charge on any atom is 0.0340 e. The van der Waals surface area contributed by atoms with Gasteiger partial charge in [0.05, 0.1) is 0 Å². The Morgan fingerprint density at radius 3 is 2.22 bits per heavy atom. The molecule has 0 aliphatic carbocycles. The molecule has 0 spiro atoms. The van der Waals surface area contributed by atoms with Crippen LogP contribution in [0.1, 0.15) is 37.8 Å². The summed E-state index contributed by atoms with van der Waals surface area (Å²) < 4.78 is 0. The molecule has 0 aromatic heterocycles. The number of rotatable bonds is 6. The smallest absolute Gasteiger partial charge is 0.0340 e. The SMILES string of the molecule is CC(c1ccccc1)N1CCC(CCNc2ccccc2)CC1. The molecule has 0 radical (unpaired) electrons. The Bertz CT molecular complexity index is 559. The van der Waals surface area contributed by atoms with E-state index in [0.717, 1.165) is 12.5 Å². The van der Waals surface area contributed by atoms with E-state index >= 15 is 0 Å². The van der Waals surface area contributed by atoms with Crippen LogP contribution in [0.5, 0.6) is 0 Å². The molecule has 2 aromatic rings. The topological polar surface area (TPSA) is 15.3 Å². The van der Waals surface area contributed by atoms with E-state index in [9.17, 15) is 0 Å². The molecule has 3 rings (SSSR count). The Morgan fingerprint density at radius 1 is 0.957 bits per heavy atom. The van der Waals surface area contributed by atoms with E-state index in [2.05, 4.69) is 77.8 Å². The second-order valence-electron chi connectivity index (χ2n) is 6.65. The second-order valence-corrected chi connectivity index (χ2v) is 6.65. The maximum absolute atomic E-state index is 3.54. The van der Waals surface area contributed by atoms with E-state index in [0.29, 0.717) is 6.04 Å². The van der Waals surface area contributed by atoms with Crippen LogP contribution in [0.2, 0.25) is 0 Å². The summed E-state index contributed by atoms with van der Waals surface area (Å²) in [5.41, 5.74) is 2.68. The summed E-state index contributed by atoms with van der Waals surface area (Å²) in [6.07, 6.45) is 3.93. The first-order chi connectivity index (χ1) is 11.3. The highest BCUT2D eigenvalue weighted by Crippen LogP contribution is 2.27. The average molecular weight is 308 g/mol. The number of hydrogen-bond acceptors (Lipinski definition) is 2. The molecule has 1 atom stereocenters. The van der Waals surface area contributed by atoms with Crippen molar-refractivity contribution in [3.63, 3.8) is 0 Å². The Morgan fingerprint density at radius 2 is 1.57 bits per heavy atom. The minimum Gasteiger partial charge on any atom is -0.385 e. The number of anilines is 1. The standard InChI is InChI=1S/C21H28N2/c1-18(20-8-4-2-5-9-20)23-16-13-19(14-17-23)12-15-22-21-10-6-3-7-11-21/h2-11,18-19,22H,12-17H2,1H3. The highest BCUT2D eigenvalue weighted by atomic mass is 15.2. The molecule has 2 heteroatoms. The zero-order valence-corrected chi connectivity index (χ0v) is 14.1. The fraction of sp³-hybridized carbons (Fsp3) is 0.429. The molecule has 1 fully saturated rings. The molecule has 1 unspecified atom stereocenters. The number of nitrogens with one attached hydrogen (secondary N) is 1. The molecule has 0 bridgehead atoms. The maximum atomic E-state index is 3.54. The molecule has 122 valence electrons. The molecule has 0 amide bonds. The van der Waals surface area contributed by atoms with Gasteiger partial charge < -0.3 is 5.32 Å². The van der Waals surface area contributed by atoms with Crippen molar-refractivity contribution >= 4 is 5.69 Å². The van der Waals surface area contributed by atoms with Crippen molar-refractivity contribution in [3.05, 3.63) is 66.2 Å². The normalized spacial score (nSPS) is 17.8. The lowest BCUT2D eigenvalue weighted by atomic mass is 9.92.